The first kappa shape index (κ1) is 27.5. The quantitative estimate of drug-likeness (QED) is 0.179. The topological polar surface area (TPSA) is 65.4 Å². The van der Waals surface area contributed by atoms with Crippen LogP contribution in [0.1, 0.15) is 110 Å². The van der Waals surface area contributed by atoms with Gasteiger partial charge in [-0.15, -0.1) is 4.76 Å². The predicted molar refractivity (Wildman–Crippen MR) is 128 cm³/mol. The molecule has 1 heterocycles. The van der Waals surface area contributed by atoms with E-state index in [1.165, 1.54) is 70.6 Å². The van der Waals surface area contributed by atoms with Gasteiger partial charge in [0.1, 0.15) is 0 Å². The molecule has 0 radical (unpaired) electrons. The zero-order chi connectivity index (χ0) is 22.1. The third kappa shape index (κ3) is 13.0. The van der Waals surface area contributed by atoms with Crippen LogP contribution in [0.2, 0.25) is 0 Å². The Kier molecular flexibility index (Phi) is 15.6. The molecule has 0 aromatic rings. The summed E-state index contributed by atoms with van der Waals surface area (Å²) in [6.07, 6.45) is 18.5. The van der Waals surface area contributed by atoms with Crippen LogP contribution in [0.5, 0.6) is 0 Å². The van der Waals surface area contributed by atoms with Gasteiger partial charge < -0.3 is 14.7 Å². The number of guanidine groups is 1. The molecular weight excluding hydrogens is 397 g/mol. The van der Waals surface area contributed by atoms with Gasteiger partial charge in [0.25, 0.3) is 0 Å². The Labute approximate surface area is 186 Å². The van der Waals surface area contributed by atoms with Crippen molar-refractivity contribution in [3.05, 3.63) is 0 Å². The highest BCUT2D eigenvalue weighted by Gasteiger charge is 2.28. The van der Waals surface area contributed by atoms with Crippen molar-refractivity contribution in [1.82, 2.24) is 9.80 Å². The van der Waals surface area contributed by atoms with Crippen LogP contribution in [0.25, 0.3) is 0 Å². The van der Waals surface area contributed by atoms with Crippen molar-refractivity contribution < 1.29 is 14.0 Å². The van der Waals surface area contributed by atoms with Crippen molar-refractivity contribution in [2.75, 3.05) is 33.3 Å². The Hall–Kier alpha value is -0.580. The van der Waals surface area contributed by atoms with Crippen molar-refractivity contribution in [2.45, 2.75) is 110 Å². The molecule has 6 nitrogen and oxygen atoms in total. The molecule has 0 aliphatic carbocycles. The molecule has 7 heteroatoms. The van der Waals surface area contributed by atoms with E-state index in [0.29, 0.717) is 12.6 Å². The Morgan fingerprint density at radius 3 is 1.90 bits per heavy atom. The first-order valence-electron chi connectivity index (χ1n) is 12.5. The maximum absolute atomic E-state index is 12.4. The van der Waals surface area contributed by atoms with Crippen molar-refractivity contribution >= 4 is 13.7 Å². The van der Waals surface area contributed by atoms with Gasteiger partial charge in [0, 0.05) is 26.7 Å². The number of rotatable bonds is 19. The van der Waals surface area contributed by atoms with Gasteiger partial charge >= 0.3 is 7.75 Å². The Balaban J connectivity index is 2.25. The average Bonchev–Trinajstić information content (AvgIpc) is 3.05. The second-order valence-corrected chi connectivity index (χ2v) is 10.2. The van der Waals surface area contributed by atoms with Gasteiger partial charge in [-0.1, -0.05) is 97.3 Å². The molecular formula is C23H48N3O3P. The molecule has 0 amide bonds. The maximum Gasteiger partial charge on any atom is 0.454 e. The summed E-state index contributed by atoms with van der Waals surface area (Å²) >= 11 is 0. The van der Waals surface area contributed by atoms with Crippen LogP contribution in [0.15, 0.2) is 4.76 Å². The van der Waals surface area contributed by atoms with E-state index in [-0.39, 0.29) is 0 Å². The number of hydrogen-bond acceptors (Lipinski definition) is 2. The van der Waals surface area contributed by atoms with Crippen LogP contribution in [0.4, 0.5) is 0 Å². The second-order valence-electron chi connectivity index (χ2n) is 8.73. The molecule has 1 aliphatic heterocycles. The number of nitrogens with zero attached hydrogens (tertiary/aromatic N) is 3. The summed E-state index contributed by atoms with van der Waals surface area (Å²) in [6, 6.07) is 0. The van der Waals surface area contributed by atoms with Gasteiger partial charge in [-0.2, -0.15) is 0 Å². The lowest BCUT2D eigenvalue weighted by molar-refractivity contribution is 0.253. The molecule has 1 fully saturated rings. The monoisotopic (exact) mass is 445 g/mol. The first-order chi connectivity index (χ1) is 14.5. The highest BCUT2D eigenvalue weighted by molar-refractivity contribution is 7.51. The van der Waals surface area contributed by atoms with E-state index in [0.717, 1.165) is 45.3 Å². The zero-order valence-corrected chi connectivity index (χ0v) is 20.9. The molecule has 30 heavy (non-hydrogen) atoms. The molecule has 1 unspecified atom stereocenters. The Morgan fingerprint density at radius 1 is 0.833 bits per heavy atom. The van der Waals surface area contributed by atoms with E-state index in [9.17, 15) is 9.46 Å². The Bertz CT molecular complexity index is 502. The van der Waals surface area contributed by atoms with E-state index in [4.69, 9.17) is 4.52 Å². The van der Waals surface area contributed by atoms with Crippen LogP contribution in [0, 0.1) is 0 Å². The molecule has 1 rings (SSSR count). The minimum atomic E-state index is -3.93. The fourth-order valence-electron chi connectivity index (χ4n) is 3.88. The predicted octanol–water partition coefficient (Wildman–Crippen LogP) is 6.60. The molecule has 1 saturated heterocycles. The molecule has 1 atom stereocenters. The average molecular weight is 446 g/mol. The minimum Gasteiger partial charge on any atom is -0.344 e. The second kappa shape index (κ2) is 17.0. The summed E-state index contributed by atoms with van der Waals surface area (Å²) in [4.78, 5) is 14.3. The molecule has 0 saturated carbocycles. The summed E-state index contributed by atoms with van der Waals surface area (Å²) in [5.74, 6) is 0.614. The van der Waals surface area contributed by atoms with Gasteiger partial charge in [0.2, 0.25) is 5.96 Å². The molecule has 1 N–H and O–H groups in total. The summed E-state index contributed by atoms with van der Waals surface area (Å²) < 4.78 is 21.8. The largest absolute Gasteiger partial charge is 0.454 e. The highest BCUT2D eigenvalue weighted by atomic mass is 31.2. The first-order valence-corrected chi connectivity index (χ1v) is 14.1. The van der Waals surface area contributed by atoms with Gasteiger partial charge in [-0.05, 0) is 12.8 Å². The van der Waals surface area contributed by atoms with Crippen LogP contribution in [-0.4, -0.2) is 53.9 Å². The number of likely N-dealkylation sites (N-methyl/N-ethyl adjacent to an activating group) is 1. The fourth-order valence-corrected chi connectivity index (χ4v) is 4.81. The molecule has 0 spiro atoms. The SMILES string of the molecule is CCCCCCCCCCCCN1CCN(C)C1=NP(=O)(O)OCCCCCCC. The van der Waals surface area contributed by atoms with Crippen LogP contribution < -0.4 is 0 Å². The third-order valence-corrected chi connectivity index (χ3v) is 6.78. The Morgan fingerprint density at radius 2 is 1.33 bits per heavy atom. The van der Waals surface area contributed by atoms with Gasteiger partial charge in [-0.3, -0.25) is 4.52 Å². The summed E-state index contributed by atoms with van der Waals surface area (Å²) in [5.41, 5.74) is 0. The van der Waals surface area contributed by atoms with E-state index >= 15 is 0 Å². The van der Waals surface area contributed by atoms with Crippen molar-refractivity contribution in [2.24, 2.45) is 4.76 Å². The summed E-state index contributed by atoms with van der Waals surface area (Å²) in [6.45, 7) is 7.34. The van der Waals surface area contributed by atoms with Crippen molar-refractivity contribution in [3.63, 3.8) is 0 Å². The van der Waals surface area contributed by atoms with Crippen LogP contribution in [-0.2, 0) is 9.09 Å². The lowest BCUT2D eigenvalue weighted by Crippen LogP contribution is -2.32. The highest BCUT2D eigenvalue weighted by Crippen LogP contribution is 2.44. The standard InChI is InChI=1S/C23H48N3O3P/c1-4-6-8-10-11-12-13-14-15-17-19-26-21-20-25(3)23(26)24-30(27,28)29-22-18-16-9-7-5-2/h4-22H2,1-3H3,(H,27,28). The minimum absolute atomic E-state index is 0.302. The molecule has 0 aromatic heterocycles. The van der Waals surface area contributed by atoms with E-state index in [2.05, 4.69) is 23.5 Å². The molecule has 0 bridgehead atoms. The van der Waals surface area contributed by atoms with E-state index in [1.807, 2.05) is 11.9 Å². The van der Waals surface area contributed by atoms with E-state index < -0.39 is 7.75 Å². The van der Waals surface area contributed by atoms with Crippen LogP contribution >= 0.6 is 7.75 Å². The van der Waals surface area contributed by atoms with Crippen LogP contribution in [0.3, 0.4) is 0 Å². The zero-order valence-electron chi connectivity index (χ0n) is 20.0. The molecule has 178 valence electrons. The van der Waals surface area contributed by atoms with Gasteiger partial charge in [0.15, 0.2) is 0 Å². The third-order valence-electron chi connectivity index (χ3n) is 5.83. The molecule has 0 aromatic carbocycles. The lowest BCUT2D eigenvalue weighted by Gasteiger charge is -2.21. The summed E-state index contributed by atoms with van der Waals surface area (Å²) in [5, 5.41) is 0. The van der Waals surface area contributed by atoms with Gasteiger partial charge in [0.05, 0.1) is 6.61 Å². The van der Waals surface area contributed by atoms with Crippen molar-refractivity contribution in [3.8, 4) is 0 Å². The van der Waals surface area contributed by atoms with Crippen molar-refractivity contribution in [1.29, 1.82) is 0 Å². The van der Waals surface area contributed by atoms with Gasteiger partial charge in [-0.25, -0.2) is 4.57 Å². The number of hydrogen-bond donors (Lipinski definition) is 1. The molecule has 1 aliphatic rings. The number of unbranched alkanes of at least 4 members (excludes halogenated alkanes) is 13. The maximum atomic E-state index is 12.4. The normalized spacial score (nSPS) is 17.8. The smallest absolute Gasteiger partial charge is 0.344 e. The lowest BCUT2D eigenvalue weighted by atomic mass is 10.1. The fraction of sp³-hybridized carbons (Fsp3) is 0.957. The van der Waals surface area contributed by atoms with E-state index in [1.54, 1.807) is 0 Å². The summed E-state index contributed by atoms with van der Waals surface area (Å²) in [7, 11) is -2.00.